The van der Waals surface area contributed by atoms with E-state index in [0.29, 0.717) is 19.6 Å². The fraction of sp³-hybridized carbons (Fsp3) is 0.391. The van der Waals surface area contributed by atoms with Gasteiger partial charge in [0.2, 0.25) is 0 Å². The molecule has 2 saturated heterocycles. The number of para-hydroxylation sites is 2. The summed E-state index contributed by atoms with van der Waals surface area (Å²) >= 11 is 0. The zero-order valence-corrected chi connectivity index (χ0v) is 16.7. The maximum atomic E-state index is 12.8. The lowest BCUT2D eigenvalue weighted by molar-refractivity contribution is -0.154. The minimum atomic E-state index is -0.527. The molecule has 2 aromatic carbocycles. The van der Waals surface area contributed by atoms with Crippen molar-refractivity contribution in [3.05, 3.63) is 60.2 Å². The molecule has 0 aromatic heterocycles. The average molecular weight is 394 g/mol. The fourth-order valence-electron chi connectivity index (χ4n) is 4.06. The summed E-state index contributed by atoms with van der Waals surface area (Å²) in [5, 5.41) is 0. The zero-order valence-electron chi connectivity index (χ0n) is 16.7. The molecule has 0 saturated carbocycles. The highest BCUT2D eigenvalue weighted by Crippen LogP contribution is 2.32. The van der Waals surface area contributed by atoms with Gasteiger partial charge in [-0.25, -0.2) is 0 Å². The summed E-state index contributed by atoms with van der Waals surface area (Å²) in [7, 11) is 0. The second kappa shape index (κ2) is 8.25. The van der Waals surface area contributed by atoms with E-state index in [1.165, 1.54) is 0 Å². The smallest absolute Gasteiger partial charge is 0.260 e. The summed E-state index contributed by atoms with van der Waals surface area (Å²) in [4.78, 5) is 28.8. The van der Waals surface area contributed by atoms with Gasteiger partial charge in [-0.3, -0.25) is 9.59 Å². The van der Waals surface area contributed by atoms with Crippen molar-refractivity contribution < 1.29 is 19.1 Å². The predicted octanol–water partition coefficient (Wildman–Crippen LogP) is 2.80. The van der Waals surface area contributed by atoms with Gasteiger partial charge >= 0.3 is 0 Å². The standard InChI is InChI=1S/C23H26N2O4/c1-18-8-5-6-11-20(18)28-14-21(26)24-13-7-12-23(16-24)17-25(22(27)15-29-23)19-9-3-2-4-10-19/h2-6,8-11H,7,12-17H2,1H3. The van der Waals surface area contributed by atoms with Crippen LogP contribution < -0.4 is 9.64 Å². The molecule has 6 heteroatoms. The summed E-state index contributed by atoms with van der Waals surface area (Å²) in [5.41, 5.74) is 1.34. The number of carbonyl (C=O) groups is 2. The van der Waals surface area contributed by atoms with Gasteiger partial charge in [-0.2, -0.15) is 0 Å². The van der Waals surface area contributed by atoms with Gasteiger partial charge in [0.25, 0.3) is 11.8 Å². The Morgan fingerprint density at radius 3 is 2.66 bits per heavy atom. The molecule has 0 aliphatic carbocycles. The summed E-state index contributed by atoms with van der Waals surface area (Å²) in [6.45, 7) is 3.61. The van der Waals surface area contributed by atoms with E-state index in [9.17, 15) is 9.59 Å². The number of aryl methyl sites for hydroxylation is 1. The summed E-state index contributed by atoms with van der Waals surface area (Å²) in [6, 6.07) is 17.3. The molecule has 0 N–H and O–H groups in total. The third-order valence-electron chi connectivity index (χ3n) is 5.65. The molecule has 4 rings (SSSR count). The van der Waals surface area contributed by atoms with E-state index in [-0.39, 0.29) is 25.0 Å². The molecular formula is C23H26N2O4. The molecule has 2 heterocycles. The number of amides is 2. The summed E-state index contributed by atoms with van der Waals surface area (Å²) < 4.78 is 11.7. The Hall–Kier alpha value is -2.86. The second-order valence-electron chi connectivity index (χ2n) is 7.76. The van der Waals surface area contributed by atoms with Crippen LogP contribution >= 0.6 is 0 Å². The van der Waals surface area contributed by atoms with Gasteiger partial charge < -0.3 is 19.3 Å². The SMILES string of the molecule is Cc1ccccc1OCC(=O)N1CCCC2(C1)CN(c1ccccc1)C(=O)CO2. The van der Waals surface area contributed by atoms with Crippen LogP contribution in [0.4, 0.5) is 5.69 Å². The van der Waals surface area contributed by atoms with Crippen molar-refractivity contribution in [2.75, 3.05) is 37.7 Å². The van der Waals surface area contributed by atoms with Gasteiger partial charge in [-0.15, -0.1) is 0 Å². The van der Waals surface area contributed by atoms with Crippen molar-refractivity contribution in [3.63, 3.8) is 0 Å². The number of benzene rings is 2. The van der Waals surface area contributed by atoms with E-state index < -0.39 is 5.60 Å². The number of carbonyl (C=O) groups excluding carboxylic acids is 2. The van der Waals surface area contributed by atoms with Crippen molar-refractivity contribution in [3.8, 4) is 5.75 Å². The van der Waals surface area contributed by atoms with E-state index >= 15 is 0 Å². The van der Waals surface area contributed by atoms with Gasteiger partial charge in [0.15, 0.2) is 6.61 Å². The molecule has 1 spiro atoms. The first kappa shape index (κ1) is 19.5. The number of piperidine rings is 1. The number of ether oxygens (including phenoxy) is 2. The molecule has 2 aromatic rings. The lowest BCUT2D eigenvalue weighted by Crippen LogP contribution is -2.62. The van der Waals surface area contributed by atoms with Crippen LogP contribution in [0, 0.1) is 6.92 Å². The molecule has 2 amide bonds. The first-order valence-electron chi connectivity index (χ1n) is 10.0. The van der Waals surface area contributed by atoms with Crippen molar-refractivity contribution in [1.82, 2.24) is 4.90 Å². The quantitative estimate of drug-likeness (QED) is 0.800. The monoisotopic (exact) mass is 394 g/mol. The van der Waals surface area contributed by atoms with E-state index in [0.717, 1.165) is 29.8 Å². The Morgan fingerprint density at radius 1 is 1.10 bits per heavy atom. The molecular weight excluding hydrogens is 368 g/mol. The minimum Gasteiger partial charge on any atom is -0.484 e. The maximum Gasteiger partial charge on any atom is 0.260 e. The third kappa shape index (κ3) is 4.27. The van der Waals surface area contributed by atoms with Crippen LogP contribution in [0.15, 0.2) is 54.6 Å². The Labute approximate surface area is 171 Å². The van der Waals surface area contributed by atoms with Crippen LogP contribution in [0.25, 0.3) is 0 Å². The molecule has 1 atom stereocenters. The van der Waals surface area contributed by atoms with E-state index in [2.05, 4.69) is 0 Å². The van der Waals surface area contributed by atoms with Crippen LogP contribution in [0.1, 0.15) is 18.4 Å². The van der Waals surface area contributed by atoms with Crippen LogP contribution in [-0.2, 0) is 14.3 Å². The summed E-state index contributed by atoms with van der Waals surface area (Å²) in [5.74, 6) is 0.620. The largest absolute Gasteiger partial charge is 0.484 e. The van der Waals surface area contributed by atoms with Crippen molar-refractivity contribution in [2.24, 2.45) is 0 Å². The van der Waals surface area contributed by atoms with E-state index in [1.54, 1.807) is 9.80 Å². The first-order chi connectivity index (χ1) is 14.1. The number of morpholine rings is 1. The number of nitrogens with zero attached hydrogens (tertiary/aromatic N) is 2. The number of hydrogen-bond acceptors (Lipinski definition) is 4. The Kier molecular flexibility index (Phi) is 5.53. The minimum absolute atomic E-state index is 0.00225. The molecule has 0 bridgehead atoms. The molecule has 2 aliphatic heterocycles. The van der Waals surface area contributed by atoms with Gasteiger partial charge in [0, 0.05) is 12.2 Å². The van der Waals surface area contributed by atoms with Crippen molar-refractivity contribution in [1.29, 1.82) is 0 Å². The van der Waals surface area contributed by atoms with Gasteiger partial charge in [0.05, 0.1) is 13.1 Å². The van der Waals surface area contributed by atoms with Gasteiger partial charge in [-0.1, -0.05) is 36.4 Å². The summed E-state index contributed by atoms with van der Waals surface area (Å²) in [6.07, 6.45) is 1.67. The van der Waals surface area contributed by atoms with E-state index in [1.807, 2.05) is 61.5 Å². The van der Waals surface area contributed by atoms with Crippen LogP contribution in [0.2, 0.25) is 0 Å². The zero-order chi connectivity index (χ0) is 20.3. The average Bonchev–Trinajstić information content (AvgIpc) is 2.76. The molecule has 6 nitrogen and oxygen atoms in total. The predicted molar refractivity (Wildman–Crippen MR) is 110 cm³/mol. The Morgan fingerprint density at radius 2 is 1.86 bits per heavy atom. The second-order valence-corrected chi connectivity index (χ2v) is 7.76. The number of rotatable bonds is 4. The molecule has 2 fully saturated rings. The molecule has 1 unspecified atom stereocenters. The highest BCUT2D eigenvalue weighted by molar-refractivity contribution is 5.95. The highest BCUT2D eigenvalue weighted by atomic mass is 16.5. The number of anilines is 1. The molecule has 0 radical (unpaired) electrons. The fourth-order valence-corrected chi connectivity index (χ4v) is 4.06. The number of hydrogen-bond donors (Lipinski definition) is 0. The topological polar surface area (TPSA) is 59.1 Å². The molecule has 152 valence electrons. The van der Waals surface area contributed by atoms with Crippen LogP contribution in [-0.4, -0.2) is 55.2 Å². The Bertz CT molecular complexity index is 885. The van der Waals surface area contributed by atoms with Crippen LogP contribution in [0.5, 0.6) is 5.75 Å². The van der Waals surface area contributed by atoms with Crippen molar-refractivity contribution in [2.45, 2.75) is 25.4 Å². The maximum absolute atomic E-state index is 12.8. The Balaban J connectivity index is 1.42. The van der Waals surface area contributed by atoms with E-state index in [4.69, 9.17) is 9.47 Å². The van der Waals surface area contributed by atoms with Gasteiger partial charge in [-0.05, 0) is 43.5 Å². The molecule has 29 heavy (non-hydrogen) atoms. The lowest BCUT2D eigenvalue weighted by Gasteiger charge is -2.47. The lowest BCUT2D eigenvalue weighted by atomic mass is 9.90. The van der Waals surface area contributed by atoms with Crippen LogP contribution in [0.3, 0.4) is 0 Å². The third-order valence-corrected chi connectivity index (χ3v) is 5.65. The first-order valence-corrected chi connectivity index (χ1v) is 10.0. The van der Waals surface area contributed by atoms with Crippen molar-refractivity contribution >= 4 is 17.5 Å². The highest BCUT2D eigenvalue weighted by Gasteiger charge is 2.44. The molecule has 2 aliphatic rings. The normalized spacial score (nSPS) is 22.0. The number of likely N-dealkylation sites (tertiary alicyclic amines) is 1. The van der Waals surface area contributed by atoms with Gasteiger partial charge in [0.1, 0.15) is 18.0 Å².